The number of aliphatic hydroxyl groups excluding tert-OH is 1. The molecule has 0 saturated carbocycles. The van der Waals surface area contributed by atoms with Gasteiger partial charge in [0.2, 0.25) is 5.91 Å². The minimum absolute atomic E-state index is 0.0646. The number of hydrogen-bond donors (Lipinski definition) is 1. The molecule has 3 aliphatic rings. The average molecular weight is 283 g/mol. The summed E-state index contributed by atoms with van der Waals surface area (Å²) in [5.41, 5.74) is 0. The Morgan fingerprint density at radius 2 is 2.15 bits per heavy atom. The molecule has 0 unspecified atom stereocenters. The molecule has 0 aromatic carbocycles. The molecule has 3 saturated heterocycles. The molecule has 114 valence electrons. The van der Waals surface area contributed by atoms with Gasteiger partial charge in [0, 0.05) is 6.42 Å². The third kappa shape index (κ3) is 2.26. The van der Waals surface area contributed by atoms with Crippen LogP contribution in [0.1, 0.15) is 46.5 Å². The molecule has 0 aromatic rings. The predicted octanol–water partition coefficient (Wildman–Crippen LogP) is 1.29. The van der Waals surface area contributed by atoms with Gasteiger partial charge in [0.05, 0.1) is 18.7 Å². The van der Waals surface area contributed by atoms with Gasteiger partial charge in [-0.3, -0.25) is 4.79 Å². The van der Waals surface area contributed by atoms with E-state index in [0.717, 1.165) is 19.3 Å². The van der Waals surface area contributed by atoms with E-state index >= 15 is 0 Å². The molecule has 5 nitrogen and oxygen atoms in total. The van der Waals surface area contributed by atoms with Crippen LogP contribution in [-0.2, 0) is 14.3 Å². The van der Waals surface area contributed by atoms with E-state index in [4.69, 9.17) is 9.47 Å². The molecule has 1 N–H and O–H groups in total. The molecular formula is C15H25NO4. The fourth-order valence-electron chi connectivity index (χ4n) is 3.91. The van der Waals surface area contributed by atoms with Crippen molar-refractivity contribution in [1.82, 2.24) is 4.90 Å². The maximum absolute atomic E-state index is 12.3. The lowest BCUT2D eigenvalue weighted by atomic mass is 9.83. The van der Waals surface area contributed by atoms with Crippen molar-refractivity contribution < 1.29 is 19.4 Å². The van der Waals surface area contributed by atoms with Crippen LogP contribution in [0.5, 0.6) is 0 Å². The normalized spacial score (nSPS) is 42.7. The summed E-state index contributed by atoms with van der Waals surface area (Å²) < 4.78 is 11.8. The second-order valence-electron chi connectivity index (χ2n) is 6.77. The van der Waals surface area contributed by atoms with E-state index in [1.54, 1.807) is 4.90 Å². The van der Waals surface area contributed by atoms with E-state index in [-0.39, 0.29) is 30.1 Å². The van der Waals surface area contributed by atoms with Crippen molar-refractivity contribution in [3.8, 4) is 0 Å². The van der Waals surface area contributed by atoms with E-state index in [0.29, 0.717) is 13.0 Å². The first-order valence-electron chi connectivity index (χ1n) is 7.76. The average Bonchev–Trinajstić information content (AvgIpc) is 2.84. The van der Waals surface area contributed by atoms with Crippen molar-refractivity contribution >= 4 is 5.91 Å². The zero-order chi connectivity index (χ0) is 14.5. The molecule has 0 aromatic heterocycles. The lowest BCUT2D eigenvalue weighted by Gasteiger charge is -2.41. The maximum atomic E-state index is 12.3. The Kier molecular flexibility index (Phi) is 3.55. The SMILES string of the molecule is CCCC[C@@H]1CC(=O)N2C[C@H]3OC(C)(C)O[C@H]3[C@@H]2[C@H]1O. The van der Waals surface area contributed by atoms with E-state index in [1.165, 1.54) is 0 Å². The van der Waals surface area contributed by atoms with Crippen molar-refractivity contribution in [3.05, 3.63) is 0 Å². The number of ether oxygens (including phenoxy) is 2. The molecule has 0 aliphatic carbocycles. The molecule has 0 bridgehead atoms. The summed E-state index contributed by atoms with van der Waals surface area (Å²) in [6.45, 7) is 6.46. The second-order valence-corrected chi connectivity index (χ2v) is 6.77. The van der Waals surface area contributed by atoms with Crippen LogP contribution in [0.3, 0.4) is 0 Å². The Labute approximate surface area is 120 Å². The number of carbonyl (C=O) groups is 1. The molecule has 5 atom stereocenters. The molecule has 3 aliphatic heterocycles. The van der Waals surface area contributed by atoms with Gasteiger partial charge in [0.25, 0.3) is 0 Å². The molecular weight excluding hydrogens is 258 g/mol. The largest absolute Gasteiger partial charge is 0.391 e. The van der Waals surface area contributed by atoms with Crippen molar-refractivity contribution in [3.63, 3.8) is 0 Å². The Morgan fingerprint density at radius 3 is 2.85 bits per heavy atom. The fraction of sp³-hybridized carbons (Fsp3) is 0.933. The Bertz CT molecular complexity index is 397. The van der Waals surface area contributed by atoms with E-state index in [1.807, 2.05) is 13.8 Å². The molecule has 1 amide bonds. The van der Waals surface area contributed by atoms with Crippen LogP contribution in [0.4, 0.5) is 0 Å². The molecule has 5 heteroatoms. The zero-order valence-corrected chi connectivity index (χ0v) is 12.5. The summed E-state index contributed by atoms with van der Waals surface area (Å²) >= 11 is 0. The minimum Gasteiger partial charge on any atom is -0.391 e. The quantitative estimate of drug-likeness (QED) is 0.848. The summed E-state index contributed by atoms with van der Waals surface area (Å²) in [6, 6.07) is -0.232. The fourth-order valence-corrected chi connectivity index (χ4v) is 3.91. The summed E-state index contributed by atoms with van der Waals surface area (Å²) in [5.74, 6) is -0.406. The van der Waals surface area contributed by atoms with Gasteiger partial charge in [-0.1, -0.05) is 19.8 Å². The molecule has 3 heterocycles. The van der Waals surface area contributed by atoms with Gasteiger partial charge < -0.3 is 19.5 Å². The van der Waals surface area contributed by atoms with Crippen LogP contribution in [0.15, 0.2) is 0 Å². The molecule has 0 radical (unpaired) electrons. The van der Waals surface area contributed by atoms with Gasteiger partial charge in [0.1, 0.15) is 12.2 Å². The van der Waals surface area contributed by atoms with Crippen LogP contribution in [0, 0.1) is 5.92 Å². The summed E-state index contributed by atoms with van der Waals surface area (Å²) in [4.78, 5) is 14.1. The number of aliphatic hydroxyl groups is 1. The first-order valence-corrected chi connectivity index (χ1v) is 7.76. The lowest BCUT2D eigenvalue weighted by Crippen LogP contribution is -2.56. The standard InChI is InChI=1S/C15H25NO4/c1-4-5-6-9-7-11(17)16-8-10-14(12(16)13(9)18)20-15(2,3)19-10/h9-10,12-14,18H,4-8H2,1-3H3/t9-,10-,12+,13+,14-/m1/s1. The number of fused-ring (bicyclic) bond motifs is 3. The van der Waals surface area contributed by atoms with Crippen molar-refractivity contribution in [2.24, 2.45) is 5.92 Å². The van der Waals surface area contributed by atoms with Gasteiger partial charge >= 0.3 is 0 Å². The van der Waals surface area contributed by atoms with Gasteiger partial charge in [-0.15, -0.1) is 0 Å². The first kappa shape index (κ1) is 14.3. The number of amides is 1. The lowest BCUT2D eigenvalue weighted by molar-refractivity contribution is -0.181. The zero-order valence-electron chi connectivity index (χ0n) is 12.5. The Balaban J connectivity index is 1.77. The van der Waals surface area contributed by atoms with Crippen LogP contribution >= 0.6 is 0 Å². The van der Waals surface area contributed by atoms with Crippen molar-refractivity contribution in [2.75, 3.05) is 6.54 Å². The van der Waals surface area contributed by atoms with Gasteiger partial charge in [-0.2, -0.15) is 0 Å². The second kappa shape index (κ2) is 4.97. The summed E-state index contributed by atoms with van der Waals surface area (Å²) in [6.07, 6.45) is 2.73. The topological polar surface area (TPSA) is 59.0 Å². The Morgan fingerprint density at radius 1 is 1.40 bits per heavy atom. The highest BCUT2D eigenvalue weighted by molar-refractivity contribution is 5.78. The molecule has 0 spiro atoms. The number of nitrogens with zero attached hydrogens (tertiary/aromatic N) is 1. The van der Waals surface area contributed by atoms with E-state index in [9.17, 15) is 9.90 Å². The van der Waals surface area contributed by atoms with Crippen LogP contribution in [0.2, 0.25) is 0 Å². The number of carbonyl (C=O) groups excluding carboxylic acids is 1. The van der Waals surface area contributed by atoms with Crippen LogP contribution in [0.25, 0.3) is 0 Å². The third-order valence-electron chi connectivity index (χ3n) is 4.81. The highest BCUT2D eigenvalue weighted by atomic mass is 16.8. The number of rotatable bonds is 3. The monoisotopic (exact) mass is 283 g/mol. The maximum Gasteiger partial charge on any atom is 0.223 e. The molecule has 3 fully saturated rings. The highest BCUT2D eigenvalue weighted by Crippen LogP contribution is 2.42. The van der Waals surface area contributed by atoms with Crippen LogP contribution in [-0.4, -0.2) is 52.6 Å². The molecule has 3 rings (SSSR count). The van der Waals surface area contributed by atoms with Crippen molar-refractivity contribution in [1.29, 1.82) is 0 Å². The van der Waals surface area contributed by atoms with Gasteiger partial charge in [-0.05, 0) is 26.2 Å². The number of piperidine rings is 1. The third-order valence-corrected chi connectivity index (χ3v) is 4.81. The van der Waals surface area contributed by atoms with E-state index in [2.05, 4.69) is 6.92 Å². The minimum atomic E-state index is -0.611. The van der Waals surface area contributed by atoms with Crippen LogP contribution < -0.4 is 0 Å². The highest BCUT2D eigenvalue weighted by Gasteiger charge is 2.58. The van der Waals surface area contributed by atoms with Crippen molar-refractivity contribution in [2.45, 2.75) is 76.6 Å². The summed E-state index contributed by atoms with van der Waals surface area (Å²) in [5, 5.41) is 10.7. The van der Waals surface area contributed by atoms with E-state index < -0.39 is 11.9 Å². The smallest absolute Gasteiger partial charge is 0.223 e. The predicted molar refractivity (Wildman–Crippen MR) is 73.0 cm³/mol. The molecule has 20 heavy (non-hydrogen) atoms. The number of unbranched alkanes of at least 4 members (excludes halogenated alkanes) is 1. The summed E-state index contributed by atoms with van der Waals surface area (Å²) in [7, 11) is 0. The Hall–Kier alpha value is -0.650. The van der Waals surface area contributed by atoms with Gasteiger partial charge in [-0.25, -0.2) is 0 Å². The van der Waals surface area contributed by atoms with Gasteiger partial charge in [0.15, 0.2) is 5.79 Å². The first-order chi connectivity index (χ1) is 9.43. The number of hydrogen-bond acceptors (Lipinski definition) is 4.